The third-order valence-electron chi connectivity index (χ3n) is 2.80. The van der Waals surface area contributed by atoms with Crippen molar-refractivity contribution in [1.82, 2.24) is 4.98 Å². The zero-order valence-electron chi connectivity index (χ0n) is 10.1. The fourth-order valence-electron chi connectivity index (χ4n) is 1.83. The molecule has 98 valence electrons. The third kappa shape index (κ3) is 2.62. The van der Waals surface area contributed by atoms with Crippen molar-refractivity contribution in [3.05, 3.63) is 18.3 Å². The number of pyridine rings is 1. The van der Waals surface area contributed by atoms with Crippen LogP contribution < -0.4 is 15.4 Å². The molecule has 1 saturated heterocycles. The Labute approximate surface area is 105 Å². The van der Waals surface area contributed by atoms with E-state index in [0.29, 0.717) is 19.0 Å². The third-order valence-corrected chi connectivity index (χ3v) is 2.80. The molecular formula is C11H16N4O3. The number of ether oxygens (including phenoxy) is 2. The Morgan fingerprint density at radius 3 is 3.28 bits per heavy atom. The summed E-state index contributed by atoms with van der Waals surface area (Å²) in [6.07, 6.45) is 1.28. The van der Waals surface area contributed by atoms with E-state index in [0.717, 1.165) is 12.2 Å². The number of anilines is 1. The molecule has 1 aromatic heterocycles. The Hall–Kier alpha value is -2.02. The molecule has 1 fully saturated rings. The standard InChI is InChI=1S/C11H16N4O3/c1-17-10-6-8(2-3-13-10)15-4-5-18-9(7-15)11(12)14-16/h2-3,6,9,16H,4-5,7H2,1H3,(H2,12,14). The molecular weight excluding hydrogens is 236 g/mol. The Kier molecular flexibility index (Phi) is 3.83. The monoisotopic (exact) mass is 252 g/mol. The smallest absolute Gasteiger partial charge is 0.214 e. The number of hydrogen-bond acceptors (Lipinski definition) is 6. The Morgan fingerprint density at radius 1 is 1.72 bits per heavy atom. The second-order valence-electron chi connectivity index (χ2n) is 3.89. The lowest BCUT2D eigenvalue weighted by molar-refractivity contribution is 0.0807. The van der Waals surface area contributed by atoms with E-state index >= 15 is 0 Å². The summed E-state index contributed by atoms with van der Waals surface area (Å²) >= 11 is 0. The largest absolute Gasteiger partial charge is 0.481 e. The SMILES string of the molecule is COc1cc(N2CCOC(/C(N)=N/O)C2)ccn1. The molecule has 7 nitrogen and oxygen atoms in total. The average Bonchev–Trinajstić information content (AvgIpc) is 2.46. The molecule has 0 bridgehead atoms. The maximum absolute atomic E-state index is 8.66. The van der Waals surface area contributed by atoms with Crippen LogP contribution in [-0.4, -0.2) is 48.9 Å². The van der Waals surface area contributed by atoms with Crippen molar-refractivity contribution in [2.45, 2.75) is 6.10 Å². The van der Waals surface area contributed by atoms with Crippen LogP contribution in [-0.2, 0) is 4.74 Å². The maximum Gasteiger partial charge on any atom is 0.214 e. The molecule has 0 aliphatic carbocycles. The fraction of sp³-hybridized carbons (Fsp3) is 0.455. The predicted molar refractivity (Wildman–Crippen MR) is 66.2 cm³/mol. The highest BCUT2D eigenvalue weighted by Crippen LogP contribution is 2.20. The van der Waals surface area contributed by atoms with Gasteiger partial charge in [-0.3, -0.25) is 0 Å². The van der Waals surface area contributed by atoms with Gasteiger partial charge in [-0.15, -0.1) is 0 Å². The minimum Gasteiger partial charge on any atom is -0.481 e. The lowest BCUT2D eigenvalue weighted by Gasteiger charge is -2.33. The quantitative estimate of drug-likeness (QED) is 0.341. The van der Waals surface area contributed by atoms with Crippen molar-refractivity contribution in [2.24, 2.45) is 10.9 Å². The lowest BCUT2D eigenvalue weighted by atomic mass is 10.2. The highest BCUT2D eigenvalue weighted by molar-refractivity contribution is 5.85. The number of nitrogens with two attached hydrogens (primary N) is 1. The van der Waals surface area contributed by atoms with E-state index in [4.69, 9.17) is 20.4 Å². The van der Waals surface area contributed by atoms with E-state index in [1.165, 1.54) is 0 Å². The van der Waals surface area contributed by atoms with Crippen LogP contribution >= 0.6 is 0 Å². The van der Waals surface area contributed by atoms with Gasteiger partial charge in [0.2, 0.25) is 5.88 Å². The summed E-state index contributed by atoms with van der Waals surface area (Å²) in [6, 6.07) is 3.73. The molecule has 1 aliphatic heterocycles. The summed E-state index contributed by atoms with van der Waals surface area (Å²) in [5.74, 6) is 0.639. The topological polar surface area (TPSA) is 93.2 Å². The van der Waals surface area contributed by atoms with Crippen LogP contribution in [0.2, 0.25) is 0 Å². The van der Waals surface area contributed by atoms with Crippen molar-refractivity contribution in [1.29, 1.82) is 0 Å². The minimum atomic E-state index is -0.400. The van der Waals surface area contributed by atoms with Crippen LogP contribution in [0.15, 0.2) is 23.5 Å². The Bertz CT molecular complexity index is 438. The molecule has 1 aliphatic rings. The molecule has 0 amide bonds. The molecule has 3 N–H and O–H groups in total. The molecule has 0 aromatic carbocycles. The minimum absolute atomic E-state index is 0.0840. The van der Waals surface area contributed by atoms with Crippen molar-refractivity contribution < 1.29 is 14.7 Å². The van der Waals surface area contributed by atoms with E-state index in [2.05, 4.69) is 15.0 Å². The van der Waals surface area contributed by atoms with Gasteiger partial charge in [-0.1, -0.05) is 5.16 Å². The summed E-state index contributed by atoms with van der Waals surface area (Å²) in [5, 5.41) is 11.6. The molecule has 1 aromatic rings. The van der Waals surface area contributed by atoms with Crippen LogP contribution in [0, 0.1) is 0 Å². The molecule has 7 heteroatoms. The van der Waals surface area contributed by atoms with Gasteiger partial charge in [0.25, 0.3) is 0 Å². The molecule has 1 unspecified atom stereocenters. The van der Waals surface area contributed by atoms with Crippen molar-refractivity contribution in [3.63, 3.8) is 0 Å². The van der Waals surface area contributed by atoms with Crippen molar-refractivity contribution in [3.8, 4) is 5.88 Å². The van der Waals surface area contributed by atoms with Crippen LogP contribution in [0.5, 0.6) is 5.88 Å². The molecule has 1 atom stereocenters. The van der Waals surface area contributed by atoms with E-state index in [1.54, 1.807) is 13.3 Å². The van der Waals surface area contributed by atoms with Gasteiger partial charge >= 0.3 is 0 Å². The number of aromatic nitrogens is 1. The fourth-order valence-corrected chi connectivity index (χ4v) is 1.83. The summed E-state index contributed by atoms with van der Waals surface area (Å²) < 4.78 is 10.5. The first-order valence-corrected chi connectivity index (χ1v) is 5.58. The van der Waals surface area contributed by atoms with Gasteiger partial charge < -0.3 is 25.3 Å². The zero-order chi connectivity index (χ0) is 13.0. The molecule has 2 rings (SSSR count). The van der Waals surface area contributed by atoms with Crippen LogP contribution in [0.3, 0.4) is 0 Å². The van der Waals surface area contributed by atoms with Gasteiger partial charge in [0.15, 0.2) is 5.84 Å². The van der Waals surface area contributed by atoms with Gasteiger partial charge in [-0.25, -0.2) is 4.98 Å². The van der Waals surface area contributed by atoms with Gasteiger partial charge in [-0.2, -0.15) is 0 Å². The zero-order valence-corrected chi connectivity index (χ0v) is 10.1. The number of hydrogen-bond donors (Lipinski definition) is 2. The van der Waals surface area contributed by atoms with Gasteiger partial charge in [-0.05, 0) is 6.07 Å². The van der Waals surface area contributed by atoms with Gasteiger partial charge in [0.1, 0.15) is 6.10 Å². The predicted octanol–water partition coefficient (Wildman–Crippen LogP) is 0.0418. The number of rotatable bonds is 3. The molecule has 0 saturated carbocycles. The second-order valence-corrected chi connectivity index (χ2v) is 3.89. The second kappa shape index (κ2) is 5.54. The number of oxime groups is 1. The summed E-state index contributed by atoms with van der Waals surface area (Å²) in [6.45, 7) is 1.79. The van der Waals surface area contributed by atoms with Crippen LogP contribution in [0.1, 0.15) is 0 Å². The molecule has 18 heavy (non-hydrogen) atoms. The average molecular weight is 252 g/mol. The maximum atomic E-state index is 8.66. The van der Waals surface area contributed by atoms with E-state index in [-0.39, 0.29) is 5.84 Å². The number of morpholine rings is 1. The van der Waals surface area contributed by atoms with Gasteiger partial charge in [0.05, 0.1) is 20.3 Å². The number of methoxy groups -OCH3 is 1. The molecule has 0 spiro atoms. The Balaban J connectivity index is 2.12. The van der Waals surface area contributed by atoms with Crippen molar-refractivity contribution >= 4 is 11.5 Å². The summed E-state index contributed by atoms with van der Waals surface area (Å²) in [7, 11) is 1.57. The lowest BCUT2D eigenvalue weighted by Crippen LogP contribution is -2.48. The van der Waals surface area contributed by atoms with E-state index in [9.17, 15) is 0 Å². The molecule has 2 heterocycles. The van der Waals surface area contributed by atoms with Gasteiger partial charge in [0, 0.05) is 24.5 Å². The van der Waals surface area contributed by atoms with Crippen LogP contribution in [0.4, 0.5) is 5.69 Å². The van der Waals surface area contributed by atoms with Crippen LogP contribution in [0.25, 0.3) is 0 Å². The van der Waals surface area contributed by atoms with E-state index < -0.39 is 6.10 Å². The van der Waals surface area contributed by atoms with E-state index in [1.807, 2.05) is 12.1 Å². The highest BCUT2D eigenvalue weighted by atomic mass is 16.5. The highest BCUT2D eigenvalue weighted by Gasteiger charge is 2.24. The summed E-state index contributed by atoms with van der Waals surface area (Å²) in [4.78, 5) is 6.13. The van der Waals surface area contributed by atoms with Crippen molar-refractivity contribution in [2.75, 3.05) is 31.7 Å². The first kappa shape index (κ1) is 12.4. The molecule has 0 radical (unpaired) electrons. The first-order valence-electron chi connectivity index (χ1n) is 5.58. The Morgan fingerprint density at radius 2 is 2.56 bits per heavy atom. The number of amidine groups is 1. The first-order chi connectivity index (χ1) is 8.74. The number of nitrogens with zero attached hydrogens (tertiary/aromatic N) is 3. The normalized spacial score (nSPS) is 20.8. The summed E-state index contributed by atoms with van der Waals surface area (Å²) in [5.41, 5.74) is 6.53.